The van der Waals surface area contributed by atoms with E-state index in [-0.39, 0.29) is 11.7 Å². The smallest absolute Gasteiger partial charge is 0.316 e. The molecular formula is C24H22N4O5S. The van der Waals surface area contributed by atoms with E-state index in [0.717, 1.165) is 16.7 Å². The Morgan fingerprint density at radius 3 is 2.74 bits per heavy atom. The molecule has 0 radical (unpaired) electrons. The summed E-state index contributed by atoms with van der Waals surface area (Å²) >= 11 is 1.18. The first-order chi connectivity index (χ1) is 16.7. The largest absolute Gasteiger partial charge is 0.496 e. The molecule has 4 aromatic rings. The molecule has 0 unspecified atom stereocenters. The molecule has 0 atom stereocenters. The molecule has 0 bridgehead atoms. The normalized spacial score (nSPS) is 11.0. The van der Waals surface area contributed by atoms with Crippen LogP contribution in [0.4, 0.5) is 0 Å². The molecule has 2 aromatic heterocycles. The van der Waals surface area contributed by atoms with E-state index in [1.54, 1.807) is 19.4 Å². The van der Waals surface area contributed by atoms with Crippen molar-refractivity contribution in [2.45, 2.75) is 11.8 Å². The molecule has 0 aliphatic rings. The molecule has 1 N–H and O–H groups in total. The van der Waals surface area contributed by atoms with Gasteiger partial charge in [0, 0.05) is 11.1 Å². The summed E-state index contributed by atoms with van der Waals surface area (Å²) in [5.74, 6) is 2.05. The first-order valence-electron chi connectivity index (χ1n) is 10.3. The van der Waals surface area contributed by atoms with Gasteiger partial charge in [0.1, 0.15) is 18.1 Å². The summed E-state index contributed by atoms with van der Waals surface area (Å²) in [7, 11) is 2.94. The van der Waals surface area contributed by atoms with Gasteiger partial charge in [0.05, 0.1) is 26.2 Å². The van der Waals surface area contributed by atoms with Crippen LogP contribution in [-0.4, -0.2) is 47.3 Å². The van der Waals surface area contributed by atoms with E-state index >= 15 is 0 Å². The molecule has 2 aromatic carbocycles. The monoisotopic (exact) mass is 478 g/mol. The van der Waals surface area contributed by atoms with Crippen molar-refractivity contribution >= 4 is 23.9 Å². The molecule has 0 saturated carbocycles. The van der Waals surface area contributed by atoms with Crippen LogP contribution in [0.1, 0.15) is 11.1 Å². The zero-order chi connectivity index (χ0) is 23.8. The number of H-pyrrole nitrogens is 1. The molecule has 2 heterocycles. The van der Waals surface area contributed by atoms with Gasteiger partial charge in [0.2, 0.25) is 5.16 Å². The summed E-state index contributed by atoms with van der Waals surface area (Å²) in [6, 6.07) is 19.1. The molecule has 0 spiro atoms. The highest BCUT2D eigenvalue weighted by Gasteiger charge is 2.14. The number of thioether (sulfide) groups is 1. The van der Waals surface area contributed by atoms with Gasteiger partial charge >= 0.3 is 5.97 Å². The van der Waals surface area contributed by atoms with Crippen LogP contribution in [0.2, 0.25) is 0 Å². The quantitative estimate of drug-likeness (QED) is 0.153. The Bertz CT molecular complexity index is 1270. The third-order valence-corrected chi connectivity index (χ3v) is 5.53. The lowest BCUT2D eigenvalue weighted by Crippen LogP contribution is -2.03. The van der Waals surface area contributed by atoms with Gasteiger partial charge in [-0.1, -0.05) is 47.2 Å². The number of aromatic amines is 1. The lowest BCUT2D eigenvalue weighted by Gasteiger charge is -2.06. The van der Waals surface area contributed by atoms with Gasteiger partial charge < -0.3 is 18.7 Å². The summed E-state index contributed by atoms with van der Waals surface area (Å²) in [4.78, 5) is 21.1. The van der Waals surface area contributed by atoms with Gasteiger partial charge in [-0.2, -0.15) is 4.98 Å². The van der Waals surface area contributed by atoms with Crippen molar-refractivity contribution in [1.82, 2.24) is 15.2 Å². The zero-order valence-electron chi connectivity index (χ0n) is 18.6. The van der Waals surface area contributed by atoms with E-state index in [4.69, 9.17) is 14.0 Å². The number of nitrogens with zero attached hydrogens (tertiary/aromatic N) is 3. The third kappa shape index (κ3) is 5.84. The fourth-order valence-electron chi connectivity index (χ4n) is 2.99. The second-order valence-corrected chi connectivity index (χ2v) is 7.89. The lowest BCUT2D eigenvalue weighted by molar-refractivity contribution is -0.137. The lowest BCUT2D eigenvalue weighted by atomic mass is 10.1. The maximum absolute atomic E-state index is 11.3. The molecule has 0 aliphatic heterocycles. The van der Waals surface area contributed by atoms with Crippen molar-refractivity contribution in [2.24, 2.45) is 5.16 Å². The topological polar surface area (TPSA) is 112 Å². The Morgan fingerprint density at radius 2 is 1.94 bits per heavy atom. The number of esters is 1. The minimum atomic E-state index is -0.346. The SMILES string of the molecule is COC(=O)CSc1n[nH]c(-c2ccc(-c3ccc(OC)c(C=NOCc4ccccc4)c3)o2)n1. The van der Waals surface area contributed by atoms with Crippen molar-refractivity contribution < 1.29 is 23.5 Å². The van der Waals surface area contributed by atoms with E-state index in [1.165, 1.54) is 18.9 Å². The number of benzene rings is 2. The zero-order valence-corrected chi connectivity index (χ0v) is 19.4. The molecule has 0 amide bonds. The first kappa shape index (κ1) is 23.1. The number of nitrogens with one attached hydrogen (secondary N) is 1. The number of hydrogen-bond acceptors (Lipinski definition) is 9. The van der Waals surface area contributed by atoms with Crippen molar-refractivity contribution in [3.05, 3.63) is 71.8 Å². The van der Waals surface area contributed by atoms with E-state index < -0.39 is 0 Å². The van der Waals surface area contributed by atoms with Gasteiger partial charge in [0.25, 0.3) is 0 Å². The molecule has 174 valence electrons. The molecule has 0 aliphatic carbocycles. The highest BCUT2D eigenvalue weighted by Crippen LogP contribution is 2.30. The van der Waals surface area contributed by atoms with Gasteiger partial charge in [-0.15, -0.1) is 5.10 Å². The van der Waals surface area contributed by atoms with E-state index in [2.05, 4.69) is 25.1 Å². The van der Waals surface area contributed by atoms with Crippen molar-refractivity contribution in [1.29, 1.82) is 0 Å². The minimum absolute atomic E-state index is 0.127. The highest BCUT2D eigenvalue weighted by molar-refractivity contribution is 7.99. The molecule has 10 heteroatoms. The standard InChI is InChI=1S/C24H22N4O5S/c1-30-19-9-8-17(12-18(19)13-25-32-14-16-6-4-3-5-7-16)20-10-11-21(33-20)23-26-24(28-27-23)34-15-22(29)31-2/h3-13H,14-15H2,1-2H3,(H,26,27,28). The Labute approximate surface area is 200 Å². The maximum atomic E-state index is 11.3. The number of rotatable bonds is 10. The number of oxime groups is 1. The van der Waals surface area contributed by atoms with Crippen LogP contribution in [0.3, 0.4) is 0 Å². The second kappa shape index (κ2) is 11.2. The molecule has 34 heavy (non-hydrogen) atoms. The van der Waals surface area contributed by atoms with Crippen LogP contribution in [0, 0.1) is 0 Å². The second-order valence-electron chi connectivity index (χ2n) is 6.95. The van der Waals surface area contributed by atoms with E-state index in [0.29, 0.717) is 34.9 Å². The van der Waals surface area contributed by atoms with Gasteiger partial charge in [0.15, 0.2) is 11.6 Å². The number of furan rings is 1. The van der Waals surface area contributed by atoms with Gasteiger partial charge in [-0.25, -0.2) is 0 Å². The number of aromatic nitrogens is 3. The third-order valence-electron chi connectivity index (χ3n) is 4.71. The Hall–Kier alpha value is -4.05. The molecule has 9 nitrogen and oxygen atoms in total. The summed E-state index contributed by atoms with van der Waals surface area (Å²) in [6.07, 6.45) is 1.61. The number of carbonyl (C=O) groups excluding carboxylic acids is 1. The summed E-state index contributed by atoms with van der Waals surface area (Å²) in [6.45, 7) is 0.373. The van der Waals surface area contributed by atoms with Crippen molar-refractivity contribution in [3.8, 4) is 28.7 Å². The van der Waals surface area contributed by atoms with E-state index in [9.17, 15) is 4.79 Å². The molecule has 0 saturated heterocycles. The van der Waals surface area contributed by atoms with E-state index in [1.807, 2.05) is 54.6 Å². The maximum Gasteiger partial charge on any atom is 0.316 e. The van der Waals surface area contributed by atoms with Crippen LogP contribution >= 0.6 is 11.8 Å². The number of hydrogen-bond donors (Lipinski definition) is 1. The summed E-state index contributed by atoms with van der Waals surface area (Å²) in [5.41, 5.74) is 2.60. The van der Waals surface area contributed by atoms with Crippen molar-refractivity contribution in [3.63, 3.8) is 0 Å². The van der Waals surface area contributed by atoms with Crippen LogP contribution < -0.4 is 4.74 Å². The number of ether oxygens (including phenoxy) is 2. The molecular weight excluding hydrogens is 456 g/mol. The van der Waals surface area contributed by atoms with Gasteiger partial charge in [-0.05, 0) is 35.9 Å². The average Bonchev–Trinajstić information content (AvgIpc) is 3.55. The first-order valence-corrected chi connectivity index (χ1v) is 11.2. The predicted molar refractivity (Wildman–Crippen MR) is 128 cm³/mol. The van der Waals surface area contributed by atoms with Crippen LogP contribution in [0.25, 0.3) is 22.9 Å². The summed E-state index contributed by atoms with van der Waals surface area (Å²) in [5, 5.41) is 11.4. The Balaban J connectivity index is 1.46. The van der Waals surface area contributed by atoms with Crippen LogP contribution in [0.5, 0.6) is 5.75 Å². The van der Waals surface area contributed by atoms with Crippen LogP contribution in [-0.2, 0) is 21.0 Å². The predicted octanol–water partition coefficient (Wildman–Crippen LogP) is 4.56. The Morgan fingerprint density at radius 1 is 1.12 bits per heavy atom. The average molecular weight is 479 g/mol. The fraction of sp³-hybridized carbons (Fsp3) is 0.167. The highest BCUT2D eigenvalue weighted by atomic mass is 32.2. The minimum Gasteiger partial charge on any atom is -0.496 e. The molecule has 4 rings (SSSR count). The fourth-order valence-corrected chi connectivity index (χ4v) is 3.62. The number of carbonyl (C=O) groups is 1. The van der Waals surface area contributed by atoms with Crippen molar-refractivity contribution in [2.75, 3.05) is 20.0 Å². The summed E-state index contributed by atoms with van der Waals surface area (Å²) < 4.78 is 16.0. The Kier molecular flexibility index (Phi) is 7.61. The van der Waals surface area contributed by atoms with Gasteiger partial charge in [-0.3, -0.25) is 9.89 Å². The number of methoxy groups -OCH3 is 2. The molecule has 0 fully saturated rings. The van der Waals surface area contributed by atoms with Crippen LogP contribution in [0.15, 0.2) is 75.4 Å².